The molecule has 0 bridgehead atoms. The average molecular weight is 302 g/mol. The smallest absolute Gasteiger partial charge is 0.338 e. The van der Waals surface area contributed by atoms with Crippen LogP contribution in [-0.2, 0) is 11.2 Å². The topological polar surface area (TPSA) is 59.6 Å². The number of fused-ring (bicyclic) bond motifs is 1. The molecule has 1 atom stereocenters. The van der Waals surface area contributed by atoms with E-state index in [0.717, 1.165) is 36.6 Å². The number of carbonyl (C=O) groups is 1. The summed E-state index contributed by atoms with van der Waals surface area (Å²) in [5.41, 5.74) is 2.80. The SMILES string of the molecule is CCC(C)COC(=O)c1ccc2c(c1)CC1=C(NCNC1)O2. The Bertz CT molecular complexity index is 610. The largest absolute Gasteiger partial charge is 0.462 e. The van der Waals surface area contributed by atoms with E-state index in [9.17, 15) is 4.79 Å². The highest BCUT2D eigenvalue weighted by atomic mass is 16.5. The van der Waals surface area contributed by atoms with Crippen LogP contribution in [0.25, 0.3) is 0 Å². The molecule has 22 heavy (non-hydrogen) atoms. The second kappa shape index (κ2) is 6.40. The van der Waals surface area contributed by atoms with Gasteiger partial charge in [0.2, 0.25) is 0 Å². The fourth-order valence-electron chi connectivity index (χ4n) is 2.52. The summed E-state index contributed by atoms with van der Waals surface area (Å²) >= 11 is 0. The van der Waals surface area contributed by atoms with Gasteiger partial charge in [0.15, 0.2) is 5.88 Å². The van der Waals surface area contributed by atoms with Crippen LogP contribution in [0.15, 0.2) is 29.7 Å². The predicted octanol–water partition coefficient (Wildman–Crippen LogP) is 2.19. The van der Waals surface area contributed by atoms with Gasteiger partial charge in [-0.25, -0.2) is 4.79 Å². The van der Waals surface area contributed by atoms with E-state index in [1.54, 1.807) is 6.07 Å². The first kappa shape index (κ1) is 14.9. The number of hydrogen-bond donors (Lipinski definition) is 2. The lowest BCUT2D eigenvalue weighted by Crippen LogP contribution is -2.40. The monoisotopic (exact) mass is 302 g/mol. The minimum atomic E-state index is -0.261. The maximum absolute atomic E-state index is 12.1. The van der Waals surface area contributed by atoms with E-state index >= 15 is 0 Å². The Balaban J connectivity index is 1.72. The lowest BCUT2D eigenvalue weighted by molar-refractivity contribution is 0.0447. The Morgan fingerprint density at radius 3 is 3.14 bits per heavy atom. The molecular weight excluding hydrogens is 280 g/mol. The van der Waals surface area contributed by atoms with Gasteiger partial charge in [-0.15, -0.1) is 0 Å². The van der Waals surface area contributed by atoms with Crippen molar-refractivity contribution in [3.05, 3.63) is 40.8 Å². The molecule has 1 aromatic rings. The van der Waals surface area contributed by atoms with Gasteiger partial charge in [0, 0.05) is 24.1 Å². The van der Waals surface area contributed by atoms with Crippen LogP contribution >= 0.6 is 0 Å². The van der Waals surface area contributed by atoms with Gasteiger partial charge in [-0.1, -0.05) is 20.3 Å². The number of nitrogens with one attached hydrogen (secondary N) is 2. The molecule has 3 rings (SSSR count). The van der Waals surface area contributed by atoms with E-state index in [0.29, 0.717) is 24.8 Å². The fourth-order valence-corrected chi connectivity index (χ4v) is 2.52. The Labute approximate surface area is 130 Å². The van der Waals surface area contributed by atoms with Gasteiger partial charge in [-0.3, -0.25) is 5.32 Å². The molecule has 1 unspecified atom stereocenters. The molecule has 118 valence electrons. The molecule has 0 spiro atoms. The number of hydrogen-bond acceptors (Lipinski definition) is 5. The van der Waals surface area contributed by atoms with Crippen LogP contribution in [0.3, 0.4) is 0 Å². The van der Waals surface area contributed by atoms with Crippen molar-refractivity contribution < 1.29 is 14.3 Å². The zero-order valence-corrected chi connectivity index (χ0v) is 13.1. The van der Waals surface area contributed by atoms with Crippen LogP contribution in [0.5, 0.6) is 5.75 Å². The minimum Gasteiger partial charge on any atom is -0.462 e. The van der Waals surface area contributed by atoms with Crippen molar-refractivity contribution in [1.82, 2.24) is 10.6 Å². The fraction of sp³-hybridized carbons (Fsp3) is 0.471. The van der Waals surface area contributed by atoms with Crippen LogP contribution in [0.1, 0.15) is 36.2 Å². The van der Waals surface area contributed by atoms with Crippen molar-refractivity contribution in [2.75, 3.05) is 19.8 Å². The van der Waals surface area contributed by atoms with Gasteiger partial charge in [0.1, 0.15) is 5.75 Å². The van der Waals surface area contributed by atoms with Crippen molar-refractivity contribution >= 4 is 5.97 Å². The summed E-state index contributed by atoms with van der Waals surface area (Å²) in [7, 11) is 0. The first-order chi connectivity index (χ1) is 10.7. The highest BCUT2D eigenvalue weighted by Crippen LogP contribution is 2.30. The van der Waals surface area contributed by atoms with Crippen molar-refractivity contribution in [1.29, 1.82) is 0 Å². The summed E-state index contributed by atoms with van der Waals surface area (Å²) in [6.45, 7) is 6.15. The van der Waals surface area contributed by atoms with Crippen LogP contribution in [-0.4, -0.2) is 25.8 Å². The van der Waals surface area contributed by atoms with Crippen molar-refractivity contribution in [2.24, 2.45) is 5.92 Å². The maximum Gasteiger partial charge on any atom is 0.338 e. The molecule has 0 saturated heterocycles. The second-order valence-corrected chi connectivity index (χ2v) is 5.93. The number of rotatable bonds is 4. The summed E-state index contributed by atoms with van der Waals surface area (Å²) in [5, 5.41) is 6.44. The minimum absolute atomic E-state index is 0.261. The lowest BCUT2D eigenvalue weighted by atomic mass is 9.99. The molecule has 2 heterocycles. The summed E-state index contributed by atoms with van der Waals surface area (Å²) in [5.74, 6) is 1.78. The Kier molecular flexibility index (Phi) is 4.34. The first-order valence-corrected chi connectivity index (χ1v) is 7.82. The number of benzene rings is 1. The van der Waals surface area contributed by atoms with Gasteiger partial charge >= 0.3 is 5.97 Å². The van der Waals surface area contributed by atoms with Crippen LogP contribution in [0.2, 0.25) is 0 Å². The van der Waals surface area contributed by atoms with Crippen LogP contribution < -0.4 is 15.4 Å². The molecule has 0 fully saturated rings. The average Bonchev–Trinajstić information content (AvgIpc) is 2.56. The summed E-state index contributed by atoms with van der Waals surface area (Å²) < 4.78 is 11.2. The van der Waals surface area contributed by atoms with Crippen molar-refractivity contribution in [3.8, 4) is 5.75 Å². The van der Waals surface area contributed by atoms with Gasteiger partial charge < -0.3 is 14.8 Å². The molecule has 0 amide bonds. The quantitative estimate of drug-likeness (QED) is 0.835. The standard InChI is InChI=1S/C17H22N2O3/c1-3-11(2)9-21-17(20)12-4-5-15-13(6-12)7-14-8-18-10-19-16(14)22-15/h4-6,11,18-19H,3,7-10H2,1-2H3. The number of esters is 1. The van der Waals surface area contributed by atoms with Crippen molar-refractivity contribution in [2.45, 2.75) is 26.7 Å². The Morgan fingerprint density at radius 2 is 2.32 bits per heavy atom. The second-order valence-electron chi connectivity index (χ2n) is 5.93. The molecule has 0 aliphatic carbocycles. The van der Waals surface area contributed by atoms with E-state index in [1.807, 2.05) is 12.1 Å². The third-order valence-corrected chi connectivity index (χ3v) is 4.14. The third kappa shape index (κ3) is 3.09. The number of carbonyl (C=O) groups excluding carboxylic acids is 1. The Hall–Kier alpha value is -2.01. The van der Waals surface area contributed by atoms with Crippen LogP contribution in [0, 0.1) is 5.92 Å². The molecule has 2 aliphatic rings. The molecular formula is C17H22N2O3. The third-order valence-electron chi connectivity index (χ3n) is 4.14. The van der Waals surface area contributed by atoms with Gasteiger partial charge in [0.25, 0.3) is 0 Å². The summed E-state index contributed by atoms with van der Waals surface area (Å²) in [4.78, 5) is 12.1. The molecule has 1 aromatic carbocycles. The summed E-state index contributed by atoms with van der Waals surface area (Å²) in [6, 6.07) is 5.50. The maximum atomic E-state index is 12.1. The van der Waals surface area contributed by atoms with Crippen LogP contribution in [0.4, 0.5) is 0 Å². The van der Waals surface area contributed by atoms with Gasteiger partial charge in [-0.05, 0) is 24.1 Å². The van der Waals surface area contributed by atoms with E-state index in [-0.39, 0.29) is 5.97 Å². The molecule has 0 radical (unpaired) electrons. The van der Waals surface area contributed by atoms with Crippen molar-refractivity contribution in [3.63, 3.8) is 0 Å². The van der Waals surface area contributed by atoms with E-state index in [4.69, 9.17) is 9.47 Å². The molecule has 2 aliphatic heterocycles. The molecule has 0 aromatic heterocycles. The van der Waals surface area contributed by atoms with Gasteiger partial charge in [0.05, 0.1) is 18.8 Å². The molecule has 2 N–H and O–H groups in total. The normalized spacial score (nSPS) is 17.7. The predicted molar refractivity (Wildman–Crippen MR) is 83.5 cm³/mol. The molecule has 5 nitrogen and oxygen atoms in total. The van der Waals surface area contributed by atoms with E-state index < -0.39 is 0 Å². The van der Waals surface area contributed by atoms with E-state index in [1.165, 1.54) is 5.57 Å². The zero-order chi connectivity index (χ0) is 15.5. The Morgan fingerprint density at radius 1 is 1.45 bits per heavy atom. The van der Waals surface area contributed by atoms with Gasteiger partial charge in [-0.2, -0.15) is 0 Å². The zero-order valence-electron chi connectivity index (χ0n) is 13.1. The summed E-state index contributed by atoms with van der Waals surface area (Å²) in [6.07, 6.45) is 1.79. The van der Waals surface area contributed by atoms with E-state index in [2.05, 4.69) is 24.5 Å². The highest BCUT2D eigenvalue weighted by Gasteiger charge is 2.23. The lowest BCUT2D eigenvalue weighted by Gasteiger charge is -2.28. The first-order valence-electron chi connectivity index (χ1n) is 7.82. The molecule has 0 saturated carbocycles. The highest BCUT2D eigenvalue weighted by molar-refractivity contribution is 5.90. The number of ether oxygens (including phenoxy) is 2. The molecule has 5 heteroatoms.